The van der Waals surface area contributed by atoms with E-state index in [-0.39, 0.29) is 11.9 Å². The van der Waals surface area contributed by atoms with Crippen molar-refractivity contribution in [2.75, 3.05) is 0 Å². The lowest BCUT2D eigenvalue weighted by molar-refractivity contribution is 0.0935. The van der Waals surface area contributed by atoms with E-state index in [1.807, 2.05) is 54.6 Å². The molecule has 0 fully saturated rings. The van der Waals surface area contributed by atoms with Crippen LogP contribution in [0.3, 0.4) is 0 Å². The number of benzene rings is 3. The third-order valence-corrected chi connectivity index (χ3v) is 7.47. The molecule has 0 aliphatic heterocycles. The standard InChI is InChI=1S/C30H24N4OS/c35-30(32-23-17-20-7-1-2-8-21(20)18-23)26-10-3-4-11-29(26)36-24-13-14-25-27(33-34-28(25)19-24)15-12-22-9-5-6-16-31-22/h1-16,19,23H,17-18H2,(H,32,35)(H,33,34)/b15-12+. The van der Waals surface area contributed by atoms with Crippen LogP contribution in [0.1, 0.15) is 32.9 Å². The van der Waals surface area contributed by atoms with Crippen molar-refractivity contribution in [1.82, 2.24) is 20.5 Å². The zero-order valence-corrected chi connectivity index (χ0v) is 20.3. The second-order valence-corrected chi connectivity index (χ2v) is 9.97. The Balaban J connectivity index is 1.18. The number of fused-ring (bicyclic) bond motifs is 2. The fraction of sp³-hybridized carbons (Fsp3) is 0.100. The molecule has 1 amide bonds. The van der Waals surface area contributed by atoms with E-state index in [9.17, 15) is 4.79 Å². The van der Waals surface area contributed by atoms with Crippen LogP contribution in [0.15, 0.2) is 101 Å². The summed E-state index contributed by atoms with van der Waals surface area (Å²) in [5.41, 5.74) is 6.05. The second-order valence-electron chi connectivity index (χ2n) is 8.85. The van der Waals surface area contributed by atoms with E-state index in [2.05, 4.69) is 63.0 Å². The molecular weight excluding hydrogens is 464 g/mol. The second kappa shape index (κ2) is 9.84. The van der Waals surface area contributed by atoms with Crippen LogP contribution in [0, 0.1) is 0 Å². The first-order chi connectivity index (χ1) is 17.7. The largest absolute Gasteiger partial charge is 0.349 e. The summed E-state index contributed by atoms with van der Waals surface area (Å²) in [5, 5.41) is 11.9. The lowest BCUT2D eigenvalue weighted by atomic mass is 10.1. The predicted octanol–water partition coefficient (Wildman–Crippen LogP) is 6.18. The molecule has 0 radical (unpaired) electrons. The number of pyridine rings is 1. The first-order valence-corrected chi connectivity index (χ1v) is 12.8. The van der Waals surface area contributed by atoms with Gasteiger partial charge in [-0.05, 0) is 78.6 Å². The van der Waals surface area contributed by atoms with E-state index >= 15 is 0 Å². The lowest BCUT2D eigenvalue weighted by Gasteiger charge is -2.14. The van der Waals surface area contributed by atoms with Crippen molar-refractivity contribution in [2.24, 2.45) is 0 Å². The van der Waals surface area contributed by atoms with E-state index in [1.165, 1.54) is 11.1 Å². The smallest absolute Gasteiger partial charge is 0.252 e. The fourth-order valence-electron chi connectivity index (χ4n) is 4.64. The number of rotatable bonds is 6. The number of nitrogens with one attached hydrogen (secondary N) is 2. The van der Waals surface area contributed by atoms with Crippen molar-refractivity contribution >= 4 is 40.7 Å². The average molecular weight is 489 g/mol. The highest BCUT2D eigenvalue weighted by atomic mass is 32.2. The first kappa shape index (κ1) is 22.3. The summed E-state index contributed by atoms with van der Waals surface area (Å²) in [7, 11) is 0. The van der Waals surface area contributed by atoms with Gasteiger partial charge < -0.3 is 5.32 Å². The zero-order chi connectivity index (χ0) is 24.3. The van der Waals surface area contributed by atoms with Gasteiger partial charge in [-0.2, -0.15) is 5.10 Å². The van der Waals surface area contributed by atoms with Crippen LogP contribution >= 0.6 is 11.8 Å². The van der Waals surface area contributed by atoms with E-state index in [0.29, 0.717) is 5.56 Å². The summed E-state index contributed by atoms with van der Waals surface area (Å²) < 4.78 is 0. The fourth-order valence-corrected chi connectivity index (χ4v) is 5.63. The van der Waals surface area contributed by atoms with Gasteiger partial charge >= 0.3 is 0 Å². The van der Waals surface area contributed by atoms with Crippen molar-refractivity contribution in [2.45, 2.75) is 28.7 Å². The molecule has 6 rings (SSSR count). The number of amides is 1. The van der Waals surface area contributed by atoms with Gasteiger partial charge in [-0.25, -0.2) is 0 Å². The topological polar surface area (TPSA) is 70.7 Å². The number of hydrogen-bond acceptors (Lipinski definition) is 4. The maximum Gasteiger partial charge on any atom is 0.252 e. The minimum atomic E-state index is -0.0273. The number of carbonyl (C=O) groups excluding carboxylic acids is 1. The molecule has 2 aromatic heterocycles. The molecular formula is C30H24N4OS. The number of nitrogens with zero attached hydrogens (tertiary/aromatic N) is 2. The van der Waals surface area contributed by atoms with E-state index in [0.717, 1.165) is 44.9 Å². The van der Waals surface area contributed by atoms with Gasteiger partial charge in [0.1, 0.15) is 0 Å². The summed E-state index contributed by atoms with van der Waals surface area (Å²) in [6.07, 6.45) is 7.46. The Kier molecular flexibility index (Phi) is 6.10. The monoisotopic (exact) mass is 488 g/mol. The SMILES string of the molecule is O=C(NC1Cc2ccccc2C1)c1ccccc1Sc1ccc2c(/C=C/c3ccccn3)n[nH]c2c1. The molecule has 6 heteroatoms. The summed E-state index contributed by atoms with van der Waals surface area (Å²) in [4.78, 5) is 19.5. The minimum Gasteiger partial charge on any atom is -0.349 e. The van der Waals surface area contributed by atoms with Crippen LogP contribution in [0.5, 0.6) is 0 Å². The number of H-pyrrole nitrogens is 1. The van der Waals surface area contributed by atoms with E-state index < -0.39 is 0 Å². The molecule has 2 heterocycles. The Morgan fingerprint density at radius 1 is 0.917 bits per heavy atom. The first-order valence-electron chi connectivity index (χ1n) is 11.9. The molecule has 1 aliphatic rings. The number of aromatic amines is 1. The van der Waals surface area contributed by atoms with Gasteiger partial charge in [0.05, 0.1) is 22.5 Å². The van der Waals surface area contributed by atoms with Crippen LogP contribution in [0.2, 0.25) is 0 Å². The molecule has 0 spiro atoms. The summed E-state index contributed by atoms with van der Waals surface area (Å²) in [6, 6.07) is 28.4. The highest BCUT2D eigenvalue weighted by Gasteiger charge is 2.23. The molecule has 5 nitrogen and oxygen atoms in total. The molecule has 1 aliphatic carbocycles. The van der Waals surface area contributed by atoms with Gasteiger partial charge in [-0.1, -0.05) is 54.2 Å². The molecule has 5 aromatic rings. The molecule has 0 saturated heterocycles. The van der Waals surface area contributed by atoms with Gasteiger partial charge in [-0.3, -0.25) is 14.9 Å². The molecule has 0 atom stereocenters. The number of hydrogen-bond donors (Lipinski definition) is 2. The van der Waals surface area contributed by atoms with Gasteiger partial charge in [-0.15, -0.1) is 0 Å². The Hall–Kier alpha value is -4.16. The van der Waals surface area contributed by atoms with Gasteiger partial charge in [0, 0.05) is 27.4 Å². The molecule has 0 bridgehead atoms. The van der Waals surface area contributed by atoms with Gasteiger partial charge in [0.25, 0.3) is 5.91 Å². The minimum absolute atomic E-state index is 0.0273. The van der Waals surface area contributed by atoms with E-state index in [4.69, 9.17) is 0 Å². The number of carbonyl (C=O) groups is 1. The van der Waals surface area contributed by atoms with Crippen molar-refractivity contribution in [3.63, 3.8) is 0 Å². The molecule has 0 unspecified atom stereocenters. The van der Waals surface area contributed by atoms with Crippen LogP contribution in [0.4, 0.5) is 0 Å². The Morgan fingerprint density at radius 2 is 1.69 bits per heavy atom. The Morgan fingerprint density at radius 3 is 2.50 bits per heavy atom. The molecule has 0 saturated carbocycles. The van der Waals surface area contributed by atoms with Crippen LogP contribution < -0.4 is 5.32 Å². The van der Waals surface area contributed by atoms with Crippen molar-refractivity contribution in [3.8, 4) is 0 Å². The van der Waals surface area contributed by atoms with Crippen LogP contribution in [-0.2, 0) is 12.8 Å². The predicted molar refractivity (Wildman–Crippen MR) is 145 cm³/mol. The molecule has 36 heavy (non-hydrogen) atoms. The molecule has 3 aromatic carbocycles. The third kappa shape index (κ3) is 4.68. The third-order valence-electron chi connectivity index (χ3n) is 6.41. The number of aromatic nitrogens is 3. The van der Waals surface area contributed by atoms with E-state index in [1.54, 1.807) is 18.0 Å². The van der Waals surface area contributed by atoms with Crippen LogP contribution in [0.25, 0.3) is 23.1 Å². The molecule has 176 valence electrons. The normalized spacial score (nSPS) is 13.3. The Labute approximate surface area is 213 Å². The van der Waals surface area contributed by atoms with Gasteiger partial charge in [0.2, 0.25) is 0 Å². The highest BCUT2D eigenvalue weighted by Crippen LogP contribution is 2.33. The van der Waals surface area contributed by atoms with Crippen LogP contribution in [-0.4, -0.2) is 27.1 Å². The van der Waals surface area contributed by atoms with Gasteiger partial charge in [0.15, 0.2) is 0 Å². The lowest BCUT2D eigenvalue weighted by Crippen LogP contribution is -2.35. The van der Waals surface area contributed by atoms with Crippen molar-refractivity contribution in [1.29, 1.82) is 0 Å². The summed E-state index contributed by atoms with van der Waals surface area (Å²) in [5.74, 6) is -0.0273. The molecule has 2 N–H and O–H groups in total. The summed E-state index contributed by atoms with van der Waals surface area (Å²) >= 11 is 1.59. The quantitative estimate of drug-likeness (QED) is 0.300. The highest BCUT2D eigenvalue weighted by molar-refractivity contribution is 7.99. The van der Waals surface area contributed by atoms with Crippen molar-refractivity contribution < 1.29 is 4.79 Å². The Bertz CT molecular complexity index is 1550. The van der Waals surface area contributed by atoms with Crippen molar-refractivity contribution in [3.05, 3.63) is 119 Å². The maximum absolute atomic E-state index is 13.2. The average Bonchev–Trinajstić information content (AvgIpc) is 3.51. The summed E-state index contributed by atoms with van der Waals surface area (Å²) in [6.45, 7) is 0. The maximum atomic E-state index is 13.2. The zero-order valence-electron chi connectivity index (χ0n) is 19.5.